The van der Waals surface area contributed by atoms with E-state index < -0.39 is 0 Å². The fourth-order valence-corrected chi connectivity index (χ4v) is 2.77. The molecule has 0 fully saturated rings. The normalized spacial score (nSPS) is 11.5. The molecule has 0 bridgehead atoms. The molecular weight excluding hydrogens is 297 g/mol. The Bertz CT molecular complexity index is 349. The van der Waals surface area contributed by atoms with Crippen molar-refractivity contribution in [3.8, 4) is 0 Å². The lowest BCUT2D eigenvalue weighted by atomic mass is 10.1. The summed E-state index contributed by atoms with van der Waals surface area (Å²) in [5.74, 6) is -0.229. The van der Waals surface area contributed by atoms with Gasteiger partial charge in [0.15, 0.2) is 0 Å². The van der Waals surface area contributed by atoms with E-state index in [-0.39, 0.29) is 12.4 Å². The Balaban J connectivity index is 2.81. The Hall–Kier alpha value is -0.450. The van der Waals surface area contributed by atoms with Crippen molar-refractivity contribution in [2.45, 2.75) is 39.3 Å². The minimum absolute atomic E-state index is 0.132. The van der Waals surface area contributed by atoms with Crippen LogP contribution in [0.3, 0.4) is 0 Å². The third-order valence-electron chi connectivity index (χ3n) is 3.15. The smallest absolute Gasteiger partial charge is 0.124 e. The van der Waals surface area contributed by atoms with Gasteiger partial charge in [-0.1, -0.05) is 29.8 Å². The first-order valence-electron chi connectivity index (χ1n) is 6.40. The number of hydrogen-bond acceptors (Lipinski definition) is 2. The van der Waals surface area contributed by atoms with E-state index >= 15 is 0 Å². The maximum Gasteiger partial charge on any atom is 0.124 e. The van der Waals surface area contributed by atoms with Gasteiger partial charge in [0.05, 0.1) is 6.61 Å². The molecule has 4 heteroatoms. The van der Waals surface area contributed by atoms with Crippen LogP contribution in [0.2, 0.25) is 0 Å². The van der Waals surface area contributed by atoms with Crippen molar-refractivity contribution in [3.05, 3.63) is 34.1 Å². The van der Waals surface area contributed by atoms with Crippen LogP contribution >= 0.6 is 15.9 Å². The van der Waals surface area contributed by atoms with Crippen molar-refractivity contribution >= 4 is 15.9 Å². The Morgan fingerprint density at radius 2 is 1.94 bits per heavy atom. The van der Waals surface area contributed by atoms with E-state index in [1.807, 2.05) is 6.07 Å². The third kappa shape index (κ3) is 4.67. The summed E-state index contributed by atoms with van der Waals surface area (Å²) >= 11 is 3.31. The van der Waals surface area contributed by atoms with Crippen molar-refractivity contribution < 1.29 is 9.50 Å². The Kier molecular flexibility index (Phi) is 6.82. The Morgan fingerprint density at radius 3 is 2.44 bits per heavy atom. The van der Waals surface area contributed by atoms with Gasteiger partial charge in [-0.25, -0.2) is 4.39 Å². The summed E-state index contributed by atoms with van der Waals surface area (Å²) in [5, 5.41) is 9.14. The molecule has 1 rings (SSSR count). The highest BCUT2D eigenvalue weighted by Gasteiger charge is 2.15. The number of aliphatic hydroxyl groups excluding tert-OH is 1. The molecule has 0 aliphatic heterocycles. The summed E-state index contributed by atoms with van der Waals surface area (Å²) in [6, 6.07) is 5.36. The fourth-order valence-electron chi connectivity index (χ4n) is 2.26. The zero-order valence-corrected chi connectivity index (χ0v) is 12.6. The molecule has 18 heavy (non-hydrogen) atoms. The molecule has 1 aromatic rings. The van der Waals surface area contributed by atoms with Crippen LogP contribution in [0.5, 0.6) is 0 Å². The number of benzene rings is 1. The fraction of sp³-hybridized carbons (Fsp3) is 0.571. The van der Waals surface area contributed by atoms with E-state index in [4.69, 9.17) is 5.11 Å². The average Bonchev–Trinajstić information content (AvgIpc) is 2.29. The molecule has 0 amide bonds. The minimum Gasteiger partial charge on any atom is -0.395 e. The van der Waals surface area contributed by atoms with Gasteiger partial charge in [0, 0.05) is 23.6 Å². The molecule has 0 aliphatic carbocycles. The van der Waals surface area contributed by atoms with Crippen LogP contribution in [-0.4, -0.2) is 29.2 Å². The standard InChI is InChI=1S/C14H21BrFNO/c1-3-14(4-2)17(5-6-18)10-11-7-12(15)9-13(16)8-11/h7-9,14,18H,3-6,10H2,1-2H3. The molecular formula is C14H21BrFNO. The summed E-state index contributed by atoms with van der Waals surface area (Å²) in [4.78, 5) is 2.21. The Labute approximate surface area is 117 Å². The van der Waals surface area contributed by atoms with Crippen LogP contribution in [0, 0.1) is 5.82 Å². The van der Waals surface area contributed by atoms with E-state index in [1.54, 1.807) is 6.07 Å². The van der Waals surface area contributed by atoms with Crippen molar-refractivity contribution in [3.63, 3.8) is 0 Å². The zero-order valence-electron chi connectivity index (χ0n) is 11.0. The second-order valence-electron chi connectivity index (χ2n) is 4.44. The van der Waals surface area contributed by atoms with Crippen LogP contribution in [0.4, 0.5) is 4.39 Å². The average molecular weight is 318 g/mol. The monoisotopic (exact) mass is 317 g/mol. The lowest BCUT2D eigenvalue weighted by Crippen LogP contribution is -2.36. The predicted molar refractivity (Wildman–Crippen MR) is 76.0 cm³/mol. The molecule has 0 saturated heterocycles. The lowest BCUT2D eigenvalue weighted by molar-refractivity contribution is 0.136. The molecule has 0 aliphatic rings. The largest absolute Gasteiger partial charge is 0.395 e. The van der Waals surface area contributed by atoms with Crippen molar-refractivity contribution in [2.75, 3.05) is 13.2 Å². The second-order valence-corrected chi connectivity index (χ2v) is 5.36. The SMILES string of the molecule is CCC(CC)N(CCO)Cc1cc(F)cc(Br)c1. The van der Waals surface area contributed by atoms with Crippen molar-refractivity contribution in [1.29, 1.82) is 0 Å². The molecule has 102 valence electrons. The maximum absolute atomic E-state index is 13.3. The minimum atomic E-state index is -0.229. The van der Waals surface area contributed by atoms with Gasteiger partial charge in [-0.05, 0) is 36.6 Å². The summed E-state index contributed by atoms with van der Waals surface area (Å²) in [6.45, 7) is 5.71. The summed E-state index contributed by atoms with van der Waals surface area (Å²) in [5.41, 5.74) is 0.933. The second kappa shape index (κ2) is 7.87. The Morgan fingerprint density at radius 1 is 1.28 bits per heavy atom. The highest BCUT2D eigenvalue weighted by molar-refractivity contribution is 9.10. The van der Waals surface area contributed by atoms with E-state index in [0.717, 1.165) is 22.9 Å². The van der Waals surface area contributed by atoms with Gasteiger partial charge in [-0.3, -0.25) is 4.90 Å². The number of nitrogens with zero attached hydrogens (tertiary/aromatic N) is 1. The number of rotatable bonds is 7. The number of halogens is 2. The van der Waals surface area contributed by atoms with E-state index in [2.05, 4.69) is 34.7 Å². The van der Waals surface area contributed by atoms with Crippen LogP contribution < -0.4 is 0 Å². The van der Waals surface area contributed by atoms with Gasteiger partial charge >= 0.3 is 0 Å². The first-order valence-corrected chi connectivity index (χ1v) is 7.19. The molecule has 1 N–H and O–H groups in total. The molecule has 0 atom stereocenters. The van der Waals surface area contributed by atoms with Gasteiger partial charge in [-0.15, -0.1) is 0 Å². The van der Waals surface area contributed by atoms with Crippen LogP contribution in [0.25, 0.3) is 0 Å². The number of hydrogen-bond donors (Lipinski definition) is 1. The van der Waals surface area contributed by atoms with Crippen LogP contribution in [0.15, 0.2) is 22.7 Å². The molecule has 0 unspecified atom stereocenters. The van der Waals surface area contributed by atoms with Gasteiger partial charge in [0.1, 0.15) is 5.82 Å². The summed E-state index contributed by atoms with van der Waals surface area (Å²) in [6.07, 6.45) is 2.07. The highest BCUT2D eigenvalue weighted by Crippen LogP contribution is 2.18. The van der Waals surface area contributed by atoms with Gasteiger partial charge in [0.2, 0.25) is 0 Å². The van der Waals surface area contributed by atoms with E-state index in [0.29, 0.717) is 19.1 Å². The van der Waals surface area contributed by atoms with Gasteiger partial charge in [-0.2, -0.15) is 0 Å². The van der Waals surface area contributed by atoms with Gasteiger partial charge in [0.25, 0.3) is 0 Å². The van der Waals surface area contributed by atoms with Crippen molar-refractivity contribution in [1.82, 2.24) is 4.90 Å². The molecule has 0 aromatic heterocycles. The maximum atomic E-state index is 13.3. The van der Waals surface area contributed by atoms with E-state index in [1.165, 1.54) is 6.07 Å². The van der Waals surface area contributed by atoms with E-state index in [9.17, 15) is 4.39 Å². The third-order valence-corrected chi connectivity index (χ3v) is 3.61. The molecule has 1 aromatic carbocycles. The molecule has 0 saturated carbocycles. The van der Waals surface area contributed by atoms with Crippen molar-refractivity contribution in [2.24, 2.45) is 0 Å². The first-order chi connectivity index (χ1) is 8.60. The quantitative estimate of drug-likeness (QED) is 0.831. The lowest BCUT2D eigenvalue weighted by Gasteiger charge is -2.29. The first kappa shape index (κ1) is 15.6. The molecule has 2 nitrogen and oxygen atoms in total. The number of aliphatic hydroxyl groups is 1. The summed E-state index contributed by atoms with van der Waals surface area (Å²) < 4.78 is 14.1. The topological polar surface area (TPSA) is 23.5 Å². The predicted octanol–water partition coefficient (Wildman–Crippen LogP) is 3.57. The van der Waals surface area contributed by atoms with Crippen LogP contribution in [-0.2, 0) is 6.54 Å². The summed E-state index contributed by atoms with van der Waals surface area (Å²) in [7, 11) is 0. The zero-order chi connectivity index (χ0) is 13.5. The molecule has 0 spiro atoms. The molecule has 0 radical (unpaired) electrons. The van der Waals surface area contributed by atoms with Gasteiger partial charge < -0.3 is 5.11 Å². The highest BCUT2D eigenvalue weighted by atomic mass is 79.9. The van der Waals surface area contributed by atoms with Crippen LogP contribution in [0.1, 0.15) is 32.3 Å². The molecule has 0 heterocycles.